The van der Waals surface area contributed by atoms with Gasteiger partial charge in [0.05, 0.1) is 6.54 Å². The Kier molecular flexibility index (Phi) is 5.10. The third kappa shape index (κ3) is 3.63. The Bertz CT molecular complexity index is 306. The van der Waals surface area contributed by atoms with Crippen LogP contribution < -0.4 is 5.73 Å². The maximum Gasteiger partial charge on any atom is 0.251 e. The molecule has 0 unspecified atom stereocenters. The van der Waals surface area contributed by atoms with Crippen LogP contribution in [0.4, 0.5) is 8.78 Å². The largest absolute Gasteiger partial charge is 0.340 e. The molecule has 2 atom stereocenters. The fraction of sp³-hybridized carbons (Fsp3) is 0.923. The molecule has 0 spiro atoms. The molecule has 2 aliphatic rings. The average Bonchev–Trinajstić information content (AvgIpc) is 2.86. The zero-order valence-corrected chi connectivity index (χ0v) is 11.2. The lowest BCUT2D eigenvalue weighted by Crippen LogP contribution is -2.51. The molecule has 2 N–H and O–H groups in total. The average molecular weight is 275 g/mol. The van der Waals surface area contributed by atoms with Gasteiger partial charge in [-0.2, -0.15) is 0 Å². The monoisotopic (exact) mass is 275 g/mol. The van der Waals surface area contributed by atoms with Crippen LogP contribution in [0.1, 0.15) is 19.3 Å². The summed E-state index contributed by atoms with van der Waals surface area (Å²) < 4.78 is 24.6. The van der Waals surface area contributed by atoms with E-state index in [-0.39, 0.29) is 18.4 Å². The van der Waals surface area contributed by atoms with E-state index in [1.807, 2.05) is 4.90 Å². The van der Waals surface area contributed by atoms with E-state index in [0.29, 0.717) is 38.6 Å². The summed E-state index contributed by atoms with van der Waals surface area (Å²) in [6.07, 6.45) is 0.749. The summed E-state index contributed by atoms with van der Waals surface area (Å²) in [5, 5.41) is 0. The van der Waals surface area contributed by atoms with E-state index in [4.69, 9.17) is 5.73 Å². The molecular formula is C13H23F2N3O. The minimum absolute atomic E-state index is 0.0617. The van der Waals surface area contributed by atoms with Crippen LogP contribution in [0.5, 0.6) is 0 Å². The van der Waals surface area contributed by atoms with E-state index in [2.05, 4.69) is 0 Å². The first-order valence-corrected chi connectivity index (χ1v) is 7.11. The number of nitrogens with zero attached hydrogens (tertiary/aromatic N) is 2. The van der Waals surface area contributed by atoms with Crippen molar-refractivity contribution < 1.29 is 13.6 Å². The van der Waals surface area contributed by atoms with Gasteiger partial charge >= 0.3 is 0 Å². The second-order valence-corrected chi connectivity index (χ2v) is 5.55. The highest BCUT2D eigenvalue weighted by Gasteiger charge is 2.35. The van der Waals surface area contributed by atoms with Gasteiger partial charge in [0.2, 0.25) is 5.91 Å². The molecule has 2 rings (SSSR count). The molecule has 0 aromatic carbocycles. The van der Waals surface area contributed by atoms with E-state index in [0.717, 1.165) is 19.3 Å². The lowest BCUT2D eigenvalue weighted by molar-refractivity contribution is -0.138. The summed E-state index contributed by atoms with van der Waals surface area (Å²) in [5.74, 6) is 0.558. The normalized spacial score (nSPS) is 29.2. The van der Waals surface area contributed by atoms with Crippen molar-refractivity contribution in [2.75, 3.05) is 39.3 Å². The maximum absolute atomic E-state index is 12.4. The first-order chi connectivity index (χ1) is 9.11. The first-order valence-electron chi connectivity index (χ1n) is 7.11. The third-order valence-corrected chi connectivity index (χ3v) is 4.36. The zero-order chi connectivity index (χ0) is 13.8. The van der Waals surface area contributed by atoms with Crippen LogP contribution in [-0.4, -0.2) is 61.4 Å². The van der Waals surface area contributed by atoms with Gasteiger partial charge < -0.3 is 10.6 Å². The first kappa shape index (κ1) is 14.7. The highest BCUT2D eigenvalue weighted by molar-refractivity contribution is 5.79. The Hall–Kier alpha value is -0.750. The van der Waals surface area contributed by atoms with E-state index < -0.39 is 6.43 Å². The molecule has 6 heteroatoms. The van der Waals surface area contributed by atoms with Crippen molar-refractivity contribution in [1.29, 1.82) is 0 Å². The van der Waals surface area contributed by atoms with Crippen LogP contribution >= 0.6 is 0 Å². The SMILES string of the molecule is NC[C@H]1CCC[C@H]1C(=O)N1CCN(CC(F)F)CC1. The molecule has 110 valence electrons. The number of hydrogen-bond acceptors (Lipinski definition) is 3. The smallest absolute Gasteiger partial charge is 0.251 e. The number of carbonyl (C=O) groups is 1. The van der Waals surface area contributed by atoms with E-state index in [9.17, 15) is 13.6 Å². The fourth-order valence-corrected chi connectivity index (χ4v) is 3.22. The Morgan fingerprint density at radius 2 is 1.89 bits per heavy atom. The zero-order valence-electron chi connectivity index (χ0n) is 11.2. The molecule has 1 saturated heterocycles. The summed E-state index contributed by atoms with van der Waals surface area (Å²) in [4.78, 5) is 16.0. The van der Waals surface area contributed by atoms with Gasteiger partial charge in [0.25, 0.3) is 6.43 Å². The summed E-state index contributed by atoms with van der Waals surface area (Å²) >= 11 is 0. The van der Waals surface area contributed by atoms with Crippen molar-refractivity contribution in [1.82, 2.24) is 9.80 Å². The van der Waals surface area contributed by atoms with Crippen LogP contribution in [0.3, 0.4) is 0 Å². The van der Waals surface area contributed by atoms with E-state index in [1.54, 1.807) is 4.90 Å². The molecule has 1 aliphatic heterocycles. The van der Waals surface area contributed by atoms with Gasteiger partial charge in [0, 0.05) is 32.1 Å². The molecule has 19 heavy (non-hydrogen) atoms. The fourth-order valence-electron chi connectivity index (χ4n) is 3.22. The Labute approximate surface area is 112 Å². The van der Waals surface area contributed by atoms with Crippen molar-refractivity contribution in [3.63, 3.8) is 0 Å². The van der Waals surface area contributed by atoms with Gasteiger partial charge in [-0.05, 0) is 25.3 Å². The molecule has 0 aromatic heterocycles. The maximum atomic E-state index is 12.4. The minimum atomic E-state index is -2.29. The highest BCUT2D eigenvalue weighted by Crippen LogP contribution is 2.32. The van der Waals surface area contributed by atoms with Crippen molar-refractivity contribution >= 4 is 5.91 Å². The van der Waals surface area contributed by atoms with Gasteiger partial charge in [-0.1, -0.05) is 6.42 Å². The quantitative estimate of drug-likeness (QED) is 0.824. The van der Waals surface area contributed by atoms with Crippen molar-refractivity contribution in [3.05, 3.63) is 0 Å². The number of nitrogens with two attached hydrogens (primary N) is 1. The Morgan fingerprint density at radius 1 is 1.21 bits per heavy atom. The van der Waals surface area contributed by atoms with Gasteiger partial charge in [0.1, 0.15) is 0 Å². The van der Waals surface area contributed by atoms with Gasteiger partial charge in [-0.3, -0.25) is 9.69 Å². The Morgan fingerprint density at radius 3 is 2.47 bits per heavy atom. The standard InChI is InChI=1S/C13H23F2N3O/c14-12(15)9-17-4-6-18(7-5-17)13(19)11-3-1-2-10(11)8-16/h10-12H,1-9,16H2/t10-,11-/m1/s1. The van der Waals surface area contributed by atoms with Crippen LogP contribution in [0.2, 0.25) is 0 Å². The second-order valence-electron chi connectivity index (χ2n) is 5.55. The predicted molar refractivity (Wildman–Crippen MR) is 68.9 cm³/mol. The predicted octanol–water partition coefficient (Wildman–Crippen LogP) is 0.771. The van der Waals surface area contributed by atoms with Crippen molar-refractivity contribution in [2.24, 2.45) is 17.6 Å². The van der Waals surface area contributed by atoms with Gasteiger partial charge in [-0.15, -0.1) is 0 Å². The number of carbonyl (C=O) groups excluding carboxylic acids is 1. The minimum Gasteiger partial charge on any atom is -0.340 e. The molecule has 1 amide bonds. The van der Waals surface area contributed by atoms with E-state index >= 15 is 0 Å². The number of amides is 1. The molecule has 0 radical (unpaired) electrons. The number of rotatable bonds is 4. The highest BCUT2D eigenvalue weighted by atomic mass is 19.3. The van der Waals surface area contributed by atoms with Crippen LogP contribution in [0, 0.1) is 11.8 Å². The summed E-state index contributed by atoms with van der Waals surface area (Å²) in [6, 6.07) is 0. The summed E-state index contributed by atoms with van der Waals surface area (Å²) in [7, 11) is 0. The topological polar surface area (TPSA) is 49.6 Å². The summed E-state index contributed by atoms with van der Waals surface area (Å²) in [5.41, 5.74) is 5.71. The summed E-state index contributed by atoms with van der Waals surface area (Å²) in [6.45, 7) is 2.63. The lowest BCUT2D eigenvalue weighted by atomic mass is 9.94. The number of hydrogen-bond donors (Lipinski definition) is 1. The molecule has 0 aromatic rings. The molecular weight excluding hydrogens is 252 g/mol. The molecule has 2 fully saturated rings. The molecule has 1 aliphatic carbocycles. The molecule has 4 nitrogen and oxygen atoms in total. The van der Waals surface area contributed by atoms with Crippen LogP contribution in [0.25, 0.3) is 0 Å². The number of piperazine rings is 1. The number of alkyl halides is 2. The second kappa shape index (κ2) is 6.61. The Balaban J connectivity index is 1.82. The van der Waals surface area contributed by atoms with Crippen molar-refractivity contribution in [3.8, 4) is 0 Å². The molecule has 1 saturated carbocycles. The third-order valence-electron chi connectivity index (χ3n) is 4.36. The van der Waals surface area contributed by atoms with Crippen molar-refractivity contribution in [2.45, 2.75) is 25.7 Å². The molecule has 1 heterocycles. The van der Waals surface area contributed by atoms with E-state index in [1.165, 1.54) is 0 Å². The van der Waals surface area contributed by atoms with Gasteiger partial charge in [-0.25, -0.2) is 8.78 Å². The number of halogens is 2. The lowest BCUT2D eigenvalue weighted by Gasteiger charge is -2.36. The van der Waals surface area contributed by atoms with Crippen LogP contribution in [-0.2, 0) is 4.79 Å². The molecule has 0 bridgehead atoms. The van der Waals surface area contributed by atoms with Crippen LogP contribution in [0.15, 0.2) is 0 Å². The van der Waals surface area contributed by atoms with Gasteiger partial charge in [0.15, 0.2) is 0 Å².